The second-order valence-corrected chi connectivity index (χ2v) is 21.2. The molecule has 272 valence electrons. The molecule has 50 heavy (non-hydrogen) atoms. The lowest BCUT2D eigenvalue weighted by molar-refractivity contribution is -0.175. The minimum atomic E-state index is -3.63. The lowest BCUT2D eigenvalue weighted by Gasteiger charge is -2.71. The van der Waals surface area contributed by atoms with E-state index in [2.05, 4.69) is 32.1 Å². The molecule has 0 radical (unpaired) electrons. The highest BCUT2D eigenvalue weighted by Gasteiger charge is 2.74. The minimum Gasteiger partial charge on any atom is -0.393 e. The van der Waals surface area contributed by atoms with Gasteiger partial charge in [0.2, 0.25) is 10.0 Å². The van der Waals surface area contributed by atoms with Gasteiger partial charge in [-0.1, -0.05) is 32.1 Å². The van der Waals surface area contributed by atoms with E-state index in [1.54, 1.807) is 4.31 Å². The monoisotopic (exact) mass is 709 g/mol. The first kappa shape index (κ1) is 33.9. The summed E-state index contributed by atoms with van der Waals surface area (Å²) in [5.74, 6) is -0.480. The summed E-state index contributed by atoms with van der Waals surface area (Å²) >= 11 is 0. The van der Waals surface area contributed by atoms with E-state index in [4.69, 9.17) is 0 Å². The Hall–Kier alpha value is -1.94. The highest BCUT2D eigenvalue weighted by atomic mass is 32.2. The van der Waals surface area contributed by atoms with E-state index in [1.807, 2.05) is 0 Å². The molecule has 1 aromatic rings. The Morgan fingerprint density at radius 2 is 1.48 bits per heavy atom. The van der Waals surface area contributed by atoms with E-state index < -0.39 is 49.6 Å². The minimum absolute atomic E-state index is 0.0187. The Kier molecular flexibility index (Phi) is 7.18. The molecule has 0 amide bonds. The molecule has 11 rings (SSSR count). The Bertz CT molecular complexity index is 1790. The maximum Gasteiger partial charge on any atom is 0.211 e. The van der Waals surface area contributed by atoms with Gasteiger partial charge >= 0.3 is 0 Å². The molecule has 0 aromatic heterocycles. The van der Waals surface area contributed by atoms with Crippen molar-refractivity contribution < 1.29 is 32.2 Å². The van der Waals surface area contributed by atoms with Gasteiger partial charge in [-0.25, -0.2) is 17.2 Å². The van der Waals surface area contributed by atoms with Crippen molar-refractivity contribution in [3.63, 3.8) is 0 Å². The normalized spacial score (nSPS) is 48.4. The third kappa shape index (κ3) is 4.44. The number of rotatable bonds is 7. The standard InChI is InChI=1S/C41H53F2NO5S/c1-36-9-6-29(45)21-39(36)12-13-41(30(22-39)35(46)28-4-5-31(42)32(43)17-28)33(36)7-10-37(2)34(41)8-11-40(37,47)24-44(50(3,48)49)23-38-18-25-14-26(19-38)16-27(15-25)20-38/h4-5,12-13,17,22,25-27,29,33-34,45,47H,6-11,14-16,18-21,23-24H2,1-3H3. The van der Waals surface area contributed by atoms with Crippen molar-refractivity contribution >= 4 is 15.8 Å². The number of aliphatic hydroxyl groups excluding tert-OH is 1. The van der Waals surface area contributed by atoms with Gasteiger partial charge in [-0.3, -0.25) is 4.79 Å². The maximum atomic E-state index is 14.7. The van der Waals surface area contributed by atoms with Gasteiger partial charge in [0.1, 0.15) is 0 Å². The van der Waals surface area contributed by atoms with Crippen molar-refractivity contribution in [2.24, 2.45) is 56.7 Å². The van der Waals surface area contributed by atoms with Crippen LogP contribution in [-0.2, 0) is 10.0 Å². The molecule has 8 atom stereocenters. The molecule has 0 aliphatic heterocycles. The van der Waals surface area contributed by atoms with Crippen molar-refractivity contribution in [3.8, 4) is 0 Å². The van der Waals surface area contributed by atoms with Crippen LogP contribution in [0.5, 0.6) is 0 Å². The van der Waals surface area contributed by atoms with Crippen LogP contribution in [0, 0.1) is 68.3 Å². The van der Waals surface area contributed by atoms with Crippen LogP contribution in [0.25, 0.3) is 0 Å². The number of Topliss-reactive ketones (excluding diaryl/α,β-unsaturated/α-hetero) is 1. The Labute approximate surface area is 295 Å². The molecule has 0 heterocycles. The van der Waals surface area contributed by atoms with Crippen molar-refractivity contribution in [2.45, 2.75) is 109 Å². The summed E-state index contributed by atoms with van der Waals surface area (Å²) < 4.78 is 57.6. The van der Waals surface area contributed by atoms with Crippen molar-refractivity contribution in [3.05, 3.63) is 59.2 Å². The Balaban J connectivity index is 1.11. The van der Waals surface area contributed by atoms with Crippen LogP contribution < -0.4 is 0 Å². The number of ketones is 1. The summed E-state index contributed by atoms with van der Waals surface area (Å²) in [6, 6.07) is 3.35. The molecule has 7 fully saturated rings. The topological polar surface area (TPSA) is 94.9 Å². The lowest BCUT2D eigenvalue weighted by Crippen LogP contribution is -2.67. The number of sulfonamides is 1. The number of hydrogen-bond donors (Lipinski definition) is 2. The number of aliphatic hydroxyl groups is 2. The first-order valence-electron chi connectivity index (χ1n) is 19.2. The summed E-state index contributed by atoms with van der Waals surface area (Å²) in [4.78, 5) is 14.7. The van der Waals surface area contributed by atoms with Crippen LogP contribution >= 0.6 is 0 Å². The number of carbonyl (C=O) groups is 1. The van der Waals surface area contributed by atoms with Gasteiger partial charge in [0, 0.05) is 40.5 Å². The van der Waals surface area contributed by atoms with Gasteiger partial charge in [0.05, 0.1) is 18.0 Å². The van der Waals surface area contributed by atoms with Crippen LogP contribution in [0.2, 0.25) is 0 Å². The van der Waals surface area contributed by atoms with Gasteiger partial charge in [0.15, 0.2) is 17.4 Å². The molecule has 8 unspecified atom stereocenters. The van der Waals surface area contributed by atoms with Gasteiger partial charge in [-0.05, 0) is 142 Å². The number of carbonyl (C=O) groups excluding carboxylic acids is 1. The molecule has 1 aromatic carbocycles. The van der Waals surface area contributed by atoms with Crippen LogP contribution in [0.3, 0.4) is 0 Å². The van der Waals surface area contributed by atoms with Crippen LogP contribution in [0.15, 0.2) is 42.0 Å². The van der Waals surface area contributed by atoms with Crippen LogP contribution in [0.1, 0.15) is 108 Å². The predicted molar refractivity (Wildman–Crippen MR) is 186 cm³/mol. The fourth-order valence-corrected chi connectivity index (χ4v) is 15.8. The zero-order valence-corrected chi connectivity index (χ0v) is 30.6. The van der Waals surface area contributed by atoms with E-state index in [0.717, 1.165) is 44.2 Å². The summed E-state index contributed by atoms with van der Waals surface area (Å²) in [7, 11) is -3.63. The zero-order valence-electron chi connectivity index (χ0n) is 29.8. The van der Waals surface area contributed by atoms with E-state index in [-0.39, 0.29) is 40.6 Å². The van der Waals surface area contributed by atoms with Crippen LogP contribution in [0.4, 0.5) is 8.78 Å². The number of hydrogen-bond acceptors (Lipinski definition) is 5. The molecule has 6 nitrogen and oxygen atoms in total. The molecule has 6 bridgehead atoms. The smallest absolute Gasteiger partial charge is 0.211 e. The number of benzene rings is 1. The fraction of sp³-hybridized carbons (Fsp3) is 0.732. The largest absolute Gasteiger partial charge is 0.393 e. The van der Waals surface area contributed by atoms with Crippen molar-refractivity contribution in [2.75, 3.05) is 19.3 Å². The number of allylic oxidation sites excluding steroid dienone is 4. The van der Waals surface area contributed by atoms with Crippen molar-refractivity contribution in [1.29, 1.82) is 0 Å². The molecule has 10 aliphatic carbocycles. The highest BCUT2D eigenvalue weighted by molar-refractivity contribution is 7.88. The molecule has 9 heteroatoms. The number of fused-ring (bicyclic) bond motifs is 1. The summed E-state index contributed by atoms with van der Waals surface area (Å²) in [6.07, 6.45) is 18.8. The third-order valence-electron chi connectivity index (χ3n) is 16.7. The highest BCUT2D eigenvalue weighted by Crippen LogP contribution is 2.78. The Morgan fingerprint density at radius 1 is 0.860 bits per heavy atom. The van der Waals surface area contributed by atoms with Crippen molar-refractivity contribution in [1.82, 2.24) is 4.31 Å². The maximum absolute atomic E-state index is 14.7. The second-order valence-electron chi connectivity index (χ2n) is 19.2. The van der Waals surface area contributed by atoms with E-state index in [0.29, 0.717) is 62.0 Å². The summed E-state index contributed by atoms with van der Waals surface area (Å²) in [5.41, 5.74) is -2.92. The lowest BCUT2D eigenvalue weighted by atomic mass is 9.32. The van der Waals surface area contributed by atoms with Crippen LogP contribution in [-0.4, -0.2) is 59.8 Å². The molecule has 7 saturated carbocycles. The number of nitrogens with zero attached hydrogens (tertiary/aromatic N) is 1. The molecule has 0 saturated heterocycles. The molecular formula is C41H53F2NO5S. The predicted octanol–water partition coefficient (Wildman–Crippen LogP) is 7.22. The molecule has 10 aliphatic rings. The molecular weight excluding hydrogens is 657 g/mol. The SMILES string of the molecule is CC12CCC(O)CC13C=CC1(C(C(=O)c4ccc(F)c(F)c4)=C3)C2CCC2(C)C1CCC2(O)CN(CC12CC3CC(CC(C3)C1)C2)S(C)(=O)=O. The zero-order chi connectivity index (χ0) is 35.3. The average molecular weight is 710 g/mol. The first-order valence-corrected chi connectivity index (χ1v) is 21.1. The van der Waals surface area contributed by atoms with Gasteiger partial charge < -0.3 is 10.2 Å². The second kappa shape index (κ2) is 10.6. The number of halogens is 2. The molecule has 2 N–H and O–H groups in total. The summed E-state index contributed by atoms with van der Waals surface area (Å²) in [5, 5.41) is 23.9. The quantitative estimate of drug-likeness (QED) is 0.231. The van der Waals surface area contributed by atoms with E-state index in [9.17, 15) is 32.2 Å². The van der Waals surface area contributed by atoms with E-state index in [1.165, 1.54) is 31.6 Å². The molecule has 2 spiro atoms. The first-order chi connectivity index (χ1) is 23.4. The third-order valence-corrected chi connectivity index (χ3v) is 17.9. The van der Waals surface area contributed by atoms with Gasteiger partial charge in [0.25, 0.3) is 0 Å². The van der Waals surface area contributed by atoms with E-state index >= 15 is 0 Å². The average Bonchev–Trinajstić information content (AvgIpc) is 3.30. The van der Waals surface area contributed by atoms with Gasteiger partial charge in [-0.2, -0.15) is 4.31 Å². The van der Waals surface area contributed by atoms with Gasteiger partial charge in [-0.15, -0.1) is 0 Å². The summed E-state index contributed by atoms with van der Waals surface area (Å²) in [6.45, 7) is 4.94. The fourth-order valence-electron chi connectivity index (χ4n) is 14.8. The Morgan fingerprint density at radius 3 is 2.12 bits per heavy atom.